The number of hydrogen-bond acceptors (Lipinski definition) is 6. The summed E-state index contributed by atoms with van der Waals surface area (Å²) in [5.74, 6) is -0.377. The summed E-state index contributed by atoms with van der Waals surface area (Å²) in [6.45, 7) is 3.71. The Hall–Kier alpha value is -2.70. The maximum absolute atomic E-state index is 11.7. The van der Waals surface area contributed by atoms with Gasteiger partial charge in [0.25, 0.3) is 5.69 Å². The lowest BCUT2D eigenvalue weighted by Gasteiger charge is -2.15. The van der Waals surface area contributed by atoms with Crippen molar-refractivity contribution in [2.45, 2.75) is 19.9 Å². The SMILES string of the molecule is CCOC(=O)C(C)Nc1ccc([N+](=O)[O-])c2cnccc12. The van der Waals surface area contributed by atoms with Crippen molar-refractivity contribution in [3.05, 3.63) is 40.7 Å². The number of ether oxygens (including phenoxy) is 1. The normalized spacial score (nSPS) is 11.9. The fourth-order valence-electron chi connectivity index (χ4n) is 2.02. The standard InChI is InChI=1S/C14H15N3O4/c1-3-21-14(18)9(2)16-12-4-5-13(17(19)20)11-8-15-7-6-10(11)12/h4-9,16H,3H2,1-2H3. The average molecular weight is 289 g/mol. The van der Waals surface area contributed by atoms with Crippen LogP contribution in [-0.4, -0.2) is 28.5 Å². The van der Waals surface area contributed by atoms with Gasteiger partial charge in [-0.3, -0.25) is 15.1 Å². The number of fused-ring (bicyclic) bond motifs is 1. The highest BCUT2D eigenvalue weighted by atomic mass is 16.6. The fraction of sp³-hybridized carbons (Fsp3) is 0.286. The molecule has 7 nitrogen and oxygen atoms in total. The van der Waals surface area contributed by atoms with Crippen LogP contribution in [-0.2, 0) is 9.53 Å². The molecule has 0 fully saturated rings. The molecule has 0 aliphatic heterocycles. The Bertz CT molecular complexity index is 687. The third-order valence-electron chi connectivity index (χ3n) is 3.00. The number of carbonyl (C=O) groups is 1. The van der Waals surface area contributed by atoms with E-state index in [0.29, 0.717) is 23.1 Å². The van der Waals surface area contributed by atoms with E-state index in [-0.39, 0.29) is 11.7 Å². The quantitative estimate of drug-likeness (QED) is 0.516. The Morgan fingerprint density at radius 3 is 2.86 bits per heavy atom. The van der Waals surface area contributed by atoms with E-state index in [2.05, 4.69) is 10.3 Å². The van der Waals surface area contributed by atoms with Crippen LogP contribution in [0.2, 0.25) is 0 Å². The van der Waals surface area contributed by atoms with Crippen molar-refractivity contribution in [2.24, 2.45) is 0 Å². The highest BCUT2D eigenvalue weighted by Crippen LogP contribution is 2.31. The van der Waals surface area contributed by atoms with Gasteiger partial charge in [-0.25, -0.2) is 4.79 Å². The van der Waals surface area contributed by atoms with E-state index in [1.165, 1.54) is 12.3 Å². The van der Waals surface area contributed by atoms with Gasteiger partial charge in [0, 0.05) is 29.5 Å². The van der Waals surface area contributed by atoms with Crippen molar-refractivity contribution in [3.63, 3.8) is 0 Å². The number of aromatic nitrogens is 1. The van der Waals surface area contributed by atoms with Gasteiger partial charge in [0.05, 0.1) is 16.9 Å². The van der Waals surface area contributed by atoms with Gasteiger partial charge in [-0.05, 0) is 26.0 Å². The molecule has 1 N–H and O–H groups in total. The first kappa shape index (κ1) is 14.7. The largest absolute Gasteiger partial charge is 0.464 e. The van der Waals surface area contributed by atoms with Crippen molar-refractivity contribution in [3.8, 4) is 0 Å². The Morgan fingerprint density at radius 1 is 1.43 bits per heavy atom. The van der Waals surface area contributed by atoms with Crippen molar-refractivity contribution in [2.75, 3.05) is 11.9 Å². The van der Waals surface area contributed by atoms with Crippen molar-refractivity contribution in [1.82, 2.24) is 4.98 Å². The van der Waals surface area contributed by atoms with E-state index in [1.807, 2.05) is 0 Å². The minimum Gasteiger partial charge on any atom is -0.464 e. The number of anilines is 1. The molecule has 2 aromatic rings. The minimum absolute atomic E-state index is 0.0209. The van der Waals surface area contributed by atoms with E-state index in [4.69, 9.17) is 4.74 Å². The molecule has 0 amide bonds. The number of nitro groups is 1. The highest BCUT2D eigenvalue weighted by Gasteiger charge is 2.18. The summed E-state index contributed by atoms with van der Waals surface area (Å²) in [5, 5.41) is 15.1. The number of esters is 1. The third kappa shape index (κ3) is 3.07. The smallest absolute Gasteiger partial charge is 0.328 e. The second-order valence-electron chi connectivity index (χ2n) is 4.43. The van der Waals surface area contributed by atoms with E-state index in [1.54, 1.807) is 32.2 Å². The van der Waals surface area contributed by atoms with Crippen LogP contribution >= 0.6 is 0 Å². The van der Waals surface area contributed by atoms with Gasteiger partial charge in [-0.1, -0.05) is 0 Å². The maximum Gasteiger partial charge on any atom is 0.328 e. The van der Waals surface area contributed by atoms with Crippen molar-refractivity contribution < 1.29 is 14.5 Å². The molecule has 1 atom stereocenters. The number of carbonyl (C=O) groups excluding carboxylic acids is 1. The summed E-state index contributed by atoms with van der Waals surface area (Å²) in [5.41, 5.74) is 0.603. The minimum atomic E-state index is -0.553. The zero-order chi connectivity index (χ0) is 15.4. The second-order valence-corrected chi connectivity index (χ2v) is 4.43. The van der Waals surface area contributed by atoms with Gasteiger partial charge in [0.2, 0.25) is 0 Å². The van der Waals surface area contributed by atoms with Gasteiger partial charge in [0.1, 0.15) is 6.04 Å². The number of hydrogen-bond donors (Lipinski definition) is 1. The van der Waals surface area contributed by atoms with Gasteiger partial charge in [-0.15, -0.1) is 0 Å². The van der Waals surface area contributed by atoms with Crippen molar-refractivity contribution in [1.29, 1.82) is 0 Å². The predicted molar refractivity (Wildman–Crippen MR) is 78.1 cm³/mol. The number of non-ortho nitro benzene ring substituents is 1. The number of pyridine rings is 1. The van der Waals surface area contributed by atoms with Crippen LogP contribution in [0.5, 0.6) is 0 Å². The van der Waals surface area contributed by atoms with E-state index >= 15 is 0 Å². The lowest BCUT2D eigenvalue weighted by atomic mass is 10.1. The molecule has 110 valence electrons. The number of nitrogens with one attached hydrogen (secondary N) is 1. The van der Waals surface area contributed by atoms with Crippen LogP contribution < -0.4 is 5.32 Å². The number of benzene rings is 1. The molecule has 1 aromatic heterocycles. The van der Waals surface area contributed by atoms with Gasteiger partial charge in [0.15, 0.2) is 0 Å². The van der Waals surface area contributed by atoms with E-state index in [0.717, 1.165) is 0 Å². The molecule has 1 aromatic carbocycles. The summed E-state index contributed by atoms with van der Waals surface area (Å²) >= 11 is 0. The van der Waals surface area contributed by atoms with Gasteiger partial charge in [-0.2, -0.15) is 0 Å². The Labute approximate surface area is 121 Å². The fourth-order valence-corrected chi connectivity index (χ4v) is 2.02. The number of nitro benzene ring substituents is 1. The topological polar surface area (TPSA) is 94.4 Å². The van der Waals surface area contributed by atoms with E-state index in [9.17, 15) is 14.9 Å². The first-order chi connectivity index (χ1) is 10.0. The van der Waals surface area contributed by atoms with Gasteiger partial charge < -0.3 is 10.1 Å². The molecule has 2 rings (SSSR count). The molecule has 1 heterocycles. The van der Waals surface area contributed by atoms with Gasteiger partial charge >= 0.3 is 5.97 Å². The summed E-state index contributed by atoms with van der Waals surface area (Å²) in [6.07, 6.45) is 2.99. The van der Waals surface area contributed by atoms with Crippen LogP contribution in [0.4, 0.5) is 11.4 Å². The Balaban J connectivity index is 2.40. The predicted octanol–water partition coefficient (Wildman–Crippen LogP) is 2.51. The molecule has 0 aliphatic rings. The molecule has 0 bridgehead atoms. The maximum atomic E-state index is 11.7. The number of nitrogens with zero attached hydrogens (tertiary/aromatic N) is 2. The third-order valence-corrected chi connectivity index (χ3v) is 3.00. The van der Waals surface area contributed by atoms with Crippen LogP contribution in [0.15, 0.2) is 30.6 Å². The second kappa shape index (κ2) is 6.17. The molecule has 0 saturated heterocycles. The van der Waals surface area contributed by atoms with E-state index < -0.39 is 11.0 Å². The molecule has 0 spiro atoms. The molecular weight excluding hydrogens is 274 g/mol. The summed E-state index contributed by atoms with van der Waals surface area (Å²) in [7, 11) is 0. The highest BCUT2D eigenvalue weighted by molar-refractivity contribution is 6.00. The Morgan fingerprint density at radius 2 is 2.19 bits per heavy atom. The molecule has 7 heteroatoms. The molecule has 21 heavy (non-hydrogen) atoms. The molecule has 0 saturated carbocycles. The molecule has 0 radical (unpaired) electrons. The number of rotatable bonds is 5. The Kier molecular flexibility index (Phi) is 4.32. The summed E-state index contributed by atoms with van der Waals surface area (Å²) in [4.78, 5) is 26.1. The van der Waals surface area contributed by atoms with Crippen LogP contribution in [0.1, 0.15) is 13.8 Å². The summed E-state index contributed by atoms with van der Waals surface area (Å²) in [6, 6.07) is 4.09. The van der Waals surface area contributed by atoms with Crippen molar-refractivity contribution >= 4 is 28.1 Å². The lowest BCUT2D eigenvalue weighted by molar-refractivity contribution is -0.383. The monoisotopic (exact) mass is 289 g/mol. The van der Waals surface area contributed by atoms with Crippen LogP contribution in [0, 0.1) is 10.1 Å². The lowest BCUT2D eigenvalue weighted by Crippen LogP contribution is -2.28. The first-order valence-electron chi connectivity index (χ1n) is 6.49. The first-order valence-corrected chi connectivity index (χ1v) is 6.49. The van der Waals surface area contributed by atoms with Crippen LogP contribution in [0.3, 0.4) is 0 Å². The average Bonchev–Trinajstić information content (AvgIpc) is 2.47. The summed E-state index contributed by atoms with van der Waals surface area (Å²) < 4.78 is 4.93. The van der Waals surface area contributed by atoms with Crippen LogP contribution in [0.25, 0.3) is 10.8 Å². The molecule has 0 aliphatic carbocycles. The molecule has 1 unspecified atom stereocenters. The zero-order valence-electron chi connectivity index (χ0n) is 11.7. The zero-order valence-corrected chi connectivity index (χ0v) is 11.7. The molecular formula is C14H15N3O4.